The van der Waals surface area contributed by atoms with Gasteiger partial charge in [0.15, 0.2) is 5.78 Å². The molecule has 1 aliphatic heterocycles. The number of carbonyl (C=O) groups excluding carboxylic acids is 1. The number of carbonyl (C=O) groups is 1. The van der Waals surface area contributed by atoms with Gasteiger partial charge in [-0.15, -0.1) is 0 Å². The monoisotopic (exact) mass is 292 g/mol. The fraction of sp³-hybridized carbons (Fsp3) is 0.588. The van der Waals surface area contributed by atoms with Crippen molar-refractivity contribution in [1.29, 1.82) is 0 Å². The Bertz CT molecular complexity index is 484. The second-order valence-electron chi connectivity index (χ2n) is 5.99. The minimum atomic E-state index is -0.303. The van der Waals surface area contributed by atoms with Crippen molar-refractivity contribution in [2.75, 3.05) is 39.8 Å². The number of hydrogen-bond acceptors (Lipinski definition) is 3. The molecule has 3 nitrogen and oxygen atoms in total. The number of likely N-dealkylation sites (tertiary alicyclic amines) is 1. The molecule has 4 heteroatoms. The lowest BCUT2D eigenvalue weighted by Crippen LogP contribution is -2.32. The molecular weight excluding hydrogens is 267 g/mol. The zero-order chi connectivity index (χ0) is 15.2. The molecular formula is C17H25FN2O. The second-order valence-corrected chi connectivity index (χ2v) is 5.99. The molecule has 0 bridgehead atoms. The summed E-state index contributed by atoms with van der Waals surface area (Å²) in [7, 11) is 2.04. The summed E-state index contributed by atoms with van der Waals surface area (Å²) < 4.78 is 13.5. The number of Topliss-reactive ketones (excluding diaryl/α,β-unsaturated/α-hetero) is 1. The van der Waals surface area contributed by atoms with E-state index in [-0.39, 0.29) is 11.6 Å². The first-order valence-electron chi connectivity index (χ1n) is 7.76. The quantitative estimate of drug-likeness (QED) is 0.722. The van der Waals surface area contributed by atoms with Crippen LogP contribution in [0.5, 0.6) is 0 Å². The highest BCUT2D eigenvalue weighted by Gasteiger charge is 2.13. The van der Waals surface area contributed by atoms with E-state index in [1.165, 1.54) is 32.0 Å². The van der Waals surface area contributed by atoms with Gasteiger partial charge in [-0.05, 0) is 51.5 Å². The Morgan fingerprint density at radius 2 is 2.00 bits per heavy atom. The summed E-state index contributed by atoms with van der Waals surface area (Å²) in [6.07, 6.45) is 3.06. The van der Waals surface area contributed by atoms with Crippen LogP contribution in [0, 0.1) is 12.7 Å². The molecule has 0 N–H and O–H groups in total. The van der Waals surface area contributed by atoms with E-state index in [9.17, 15) is 9.18 Å². The Labute approximate surface area is 126 Å². The molecule has 0 spiro atoms. The van der Waals surface area contributed by atoms with Crippen molar-refractivity contribution in [3.8, 4) is 0 Å². The summed E-state index contributed by atoms with van der Waals surface area (Å²) in [5, 5.41) is 0. The van der Waals surface area contributed by atoms with Crippen LogP contribution in [0.4, 0.5) is 4.39 Å². The number of ketones is 1. The molecule has 0 radical (unpaired) electrons. The molecule has 0 amide bonds. The van der Waals surface area contributed by atoms with Gasteiger partial charge < -0.3 is 9.80 Å². The molecule has 116 valence electrons. The van der Waals surface area contributed by atoms with Gasteiger partial charge in [-0.2, -0.15) is 0 Å². The van der Waals surface area contributed by atoms with Crippen molar-refractivity contribution in [3.05, 3.63) is 35.1 Å². The fourth-order valence-electron chi connectivity index (χ4n) is 2.63. The van der Waals surface area contributed by atoms with Gasteiger partial charge in [0.1, 0.15) is 5.82 Å². The lowest BCUT2D eigenvalue weighted by Gasteiger charge is -2.20. The lowest BCUT2D eigenvalue weighted by atomic mass is 10.1. The molecule has 0 saturated carbocycles. The third kappa shape index (κ3) is 4.90. The minimum absolute atomic E-state index is 0.0157. The number of nitrogens with zero attached hydrogens (tertiary/aromatic N) is 2. The van der Waals surface area contributed by atoms with Gasteiger partial charge >= 0.3 is 0 Å². The van der Waals surface area contributed by atoms with Gasteiger partial charge in [-0.25, -0.2) is 4.39 Å². The highest BCUT2D eigenvalue weighted by molar-refractivity contribution is 5.96. The molecule has 1 fully saturated rings. The normalized spacial score (nSPS) is 15.8. The predicted octanol–water partition coefficient (Wildman–Crippen LogP) is 2.73. The van der Waals surface area contributed by atoms with Crippen molar-refractivity contribution in [1.82, 2.24) is 9.80 Å². The summed E-state index contributed by atoms with van der Waals surface area (Å²) in [6.45, 7) is 6.89. The molecule has 0 unspecified atom stereocenters. The first kappa shape index (κ1) is 16.1. The first-order valence-corrected chi connectivity index (χ1v) is 7.76. The summed E-state index contributed by atoms with van der Waals surface area (Å²) >= 11 is 0. The maximum Gasteiger partial charge on any atom is 0.164 e. The summed E-state index contributed by atoms with van der Waals surface area (Å²) in [5.41, 5.74) is 1.06. The fourth-order valence-corrected chi connectivity index (χ4v) is 2.63. The van der Waals surface area contributed by atoms with Gasteiger partial charge in [0.2, 0.25) is 0 Å². The van der Waals surface area contributed by atoms with Crippen molar-refractivity contribution in [2.24, 2.45) is 0 Å². The van der Waals surface area contributed by atoms with Crippen LogP contribution in [-0.4, -0.2) is 55.4 Å². The van der Waals surface area contributed by atoms with Gasteiger partial charge in [-0.1, -0.05) is 12.1 Å². The number of hydrogen-bond donors (Lipinski definition) is 0. The second kappa shape index (κ2) is 7.66. The first-order chi connectivity index (χ1) is 10.1. The van der Waals surface area contributed by atoms with E-state index in [1.807, 2.05) is 7.05 Å². The van der Waals surface area contributed by atoms with E-state index in [0.29, 0.717) is 17.5 Å². The van der Waals surface area contributed by atoms with Crippen LogP contribution < -0.4 is 0 Å². The minimum Gasteiger partial charge on any atom is -0.305 e. The van der Waals surface area contributed by atoms with Crippen LogP contribution in [0.25, 0.3) is 0 Å². The molecule has 1 saturated heterocycles. The van der Waals surface area contributed by atoms with E-state index in [0.717, 1.165) is 19.6 Å². The number of halogens is 1. The largest absolute Gasteiger partial charge is 0.305 e. The number of rotatable bonds is 7. The molecule has 1 aromatic rings. The number of likely N-dealkylation sites (N-methyl/N-ethyl adjacent to an activating group) is 1. The van der Waals surface area contributed by atoms with Crippen LogP contribution in [-0.2, 0) is 0 Å². The topological polar surface area (TPSA) is 23.6 Å². The van der Waals surface area contributed by atoms with Crippen molar-refractivity contribution in [3.63, 3.8) is 0 Å². The highest BCUT2D eigenvalue weighted by Crippen LogP contribution is 2.11. The smallest absolute Gasteiger partial charge is 0.164 e. The average molecular weight is 292 g/mol. The van der Waals surface area contributed by atoms with Crippen LogP contribution in [0.2, 0.25) is 0 Å². The molecule has 0 aromatic heterocycles. The lowest BCUT2D eigenvalue weighted by molar-refractivity contribution is 0.0967. The Hall–Kier alpha value is -1.26. The van der Waals surface area contributed by atoms with Gasteiger partial charge in [-0.3, -0.25) is 4.79 Å². The molecule has 21 heavy (non-hydrogen) atoms. The third-order valence-electron chi connectivity index (χ3n) is 4.21. The standard InChI is InChI=1S/C17H25FN2O/c1-14-5-6-15(13-16(14)18)17(21)7-10-19(2)11-12-20-8-3-4-9-20/h5-6,13H,3-4,7-12H2,1-2H3. The van der Waals surface area contributed by atoms with E-state index in [1.54, 1.807) is 19.1 Å². The molecule has 0 atom stereocenters. The highest BCUT2D eigenvalue weighted by atomic mass is 19.1. The SMILES string of the molecule is Cc1ccc(C(=O)CCN(C)CCN2CCCC2)cc1F. The third-order valence-corrected chi connectivity index (χ3v) is 4.21. The van der Waals surface area contributed by atoms with Gasteiger partial charge in [0.25, 0.3) is 0 Å². The molecule has 1 aliphatic rings. The maximum atomic E-state index is 13.5. The van der Waals surface area contributed by atoms with E-state index < -0.39 is 0 Å². The van der Waals surface area contributed by atoms with E-state index >= 15 is 0 Å². The predicted molar refractivity (Wildman–Crippen MR) is 83.3 cm³/mol. The molecule has 2 rings (SSSR count). The Morgan fingerprint density at radius 1 is 1.29 bits per heavy atom. The van der Waals surface area contributed by atoms with Crippen molar-refractivity contribution >= 4 is 5.78 Å². The zero-order valence-corrected chi connectivity index (χ0v) is 13.1. The Balaban J connectivity index is 1.73. The van der Waals surface area contributed by atoms with Crippen LogP contribution in [0.15, 0.2) is 18.2 Å². The maximum absolute atomic E-state index is 13.5. The zero-order valence-electron chi connectivity index (χ0n) is 13.1. The van der Waals surface area contributed by atoms with Crippen LogP contribution in [0.3, 0.4) is 0 Å². The molecule has 1 aromatic carbocycles. The van der Waals surface area contributed by atoms with Crippen molar-refractivity contribution < 1.29 is 9.18 Å². The summed E-state index contributed by atoms with van der Waals surface area (Å²) in [4.78, 5) is 16.7. The Kier molecular flexibility index (Phi) is 5.88. The average Bonchev–Trinajstić information content (AvgIpc) is 2.98. The molecule has 0 aliphatic carbocycles. The van der Waals surface area contributed by atoms with Crippen LogP contribution >= 0.6 is 0 Å². The summed E-state index contributed by atoms with van der Waals surface area (Å²) in [6, 6.07) is 4.73. The van der Waals surface area contributed by atoms with E-state index in [4.69, 9.17) is 0 Å². The van der Waals surface area contributed by atoms with Crippen LogP contribution in [0.1, 0.15) is 35.2 Å². The summed E-state index contributed by atoms with van der Waals surface area (Å²) in [5.74, 6) is -0.287. The van der Waals surface area contributed by atoms with Gasteiger partial charge in [0, 0.05) is 31.6 Å². The molecule has 1 heterocycles. The van der Waals surface area contributed by atoms with Gasteiger partial charge in [0.05, 0.1) is 0 Å². The Morgan fingerprint density at radius 3 is 2.67 bits per heavy atom. The number of benzene rings is 1. The number of aryl methyl sites for hydroxylation is 1. The van der Waals surface area contributed by atoms with Crippen molar-refractivity contribution in [2.45, 2.75) is 26.2 Å². The van der Waals surface area contributed by atoms with E-state index in [2.05, 4.69) is 9.80 Å².